The monoisotopic (exact) mass is 281 g/mol. The Morgan fingerprint density at radius 2 is 1.95 bits per heavy atom. The number of nitrogens with one attached hydrogen (secondary N) is 1. The van der Waals surface area contributed by atoms with Crippen molar-refractivity contribution in [2.24, 2.45) is 23.5 Å². The number of nitrogens with two attached hydrogens (primary N) is 1. The van der Waals surface area contributed by atoms with Gasteiger partial charge in [0.1, 0.15) is 0 Å². The summed E-state index contributed by atoms with van der Waals surface area (Å²) in [6.07, 6.45) is 6.62. The Balaban J connectivity index is 1.63. The summed E-state index contributed by atoms with van der Waals surface area (Å²) in [4.78, 5) is 14.6. The first kappa shape index (κ1) is 15.8. The molecule has 4 nitrogen and oxygen atoms in total. The van der Waals surface area contributed by atoms with Crippen molar-refractivity contribution in [1.29, 1.82) is 0 Å². The summed E-state index contributed by atoms with van der Waals surface area (Å²) in [5, 5.41) is 3.15. The van der Waals surface area contributed by atoms with Crippen molar-refractivity contribution in [2.45, 2.75) is 51.5 Å². The number of nitrogens with zero attached hydrogens (tertiary/aromatic N) is 1. The van der Waals surface area contributed by atoms with E-state index in [0.717, 1.165) is 38.1 Å². The predicted octanol–water partition coefficient (Wildman–Crippen LogP) is 1.60. The van der Waals surface area contributed by atoms with Crippen LogP contribution in [0.5, 0.6) is 0 Å². The van der Waals surface area contributed by atoms with Crippen LogP contribution in [0.15, 0.2) is 0 Å². The van der Waals surface area contributed by atoms with Crippen LogP contribution in [0, 0.1) is 17.8 Å². The Morgan fingerprint density at radius 3 is 2.60 bits per heavy atom. The summed E-state index contributed by atoms with van der Waals surface area (Å²) >= 11 is 0. The highest BCUT2D eigenvalue weighted by Crippen LogP contribution is 2.28. The zero-order valence-corrected chi connectivity index (χ0v) is 13.1. The third-order valence-corrected chi connectivity index (χ3v) is 5.30. The minimum atomic E-state index is 0.197. The molecule has 0 aromatic heterocycles. The first-order valence-corrected chi connectivity index (χ1v) is 8.28. The molecule has 1 saturated heterocycles. The van der Waals surface area contributed by atoms with Gasteiger partial charge in [0.25, 0.3) is 0 Å². The molecule has 1 aliphatic carbocycles. The first-order valence-electron chi connectivity index (χ1n) is 8.28. The lowest BCUT2D eigenvalue weighted by atomic mass is 9.79. The maximum atomic E-state index is 12.2. The Labute approximate surface area is 123 Å². The Bertz CT molecular complexity index is 313. The number of hydrogen-bond acceptors (Lipinski definition) is 3. The van der Waals surface area contributed by atoms with E-state index in [1.54, 1.807) is 0 Å². The van der Waals surface area contributed by atoms with Gasteiger partial charge in [-0.05, 0) is 70.5 Å². The zero-order valence-electron chi connectivity index (χ0n) is 13.1. The van der Waals surface area contributed by atoms with Crippen LogP contribution >= 0.6 is 0 Å². The summed E-state index contributed by atoms with van der Waals surface area (Å²) in [6, 6.07) is 0.290. The average molecular weight is 281 g/mol. The Hall–Kier alpha value is -0.610. The highest BCUT2D eigenvalue weighted by molar-refractivity contribution is 5.78. The molecule has 1 heterocycles. The van der Waals surface area contributed by atoms with E-state index < -0.39 is 0 Å². The number of rotatable bonds is 4. The smallest absolute Gasteiger partial charge is 0.223 e. The van der Waals surface area contributed by atoms with Crippen LogP contribution in [0.25, 0.3) is 0 Å². The molecule has 116 valence electrons. The van der Waals surface area contributed by atoms with Gasteiger partial charge in [-0.1, -0.05) is 6.92 Å². The molecular formula is C16H31N3O. The minimum Gasteiger partial charge on any atom is -0.356 e. The standard InChI is InChI=1S/C16H31N3O/c1-12-11-14(3-4-15(12)17)16(20)18-8-5-13-6-9-19(2)10-7-13/h12-15H,3-11,17H2,1-2H3,(H,18,20). The molecular weight excluding hydrogens is 250 g/mol. The third-order valence-electron chi connectivity index (χ3n) is 5.30. The molecule has 2 rings (SSSR count). The molecule has 1 aliphatic heterocycles. The Morgan fingerprint density at radius 1 is 1.25 bits per heavy atom. The maximum absolute atomic E-state index is 12.2. The molecule has 2 fully saturated rings. The fourth-order valence-electron chi connectivity index (χ4n) is 3.55. The van der Waals surface area contributed by atoms with Gasteiger partial charge in [-0.15, -0.1) is 0 Å². The summed E-state index contributed by atoms with van der Waals surface area (Å²) in [6.45, 7) is 5.43. The number of likely N-dealkylation sites (tertiary alicyclic amines) is 1. The SMILES string of the molecule is CC1CC(C(=O)NCCC2CCN(C)CC2)CCC1N. The predicted molar refractivity (Wildman–Crippen MR) is 82.3 cm³/mol. The van der Waals surface area contributed by atoms with Crippen molar-refractivity contribution < 1.29 is 4.79 Å². The normalized spacial score (nSPS) is 33.0. The van der Waals surface area contributed by atoms with Crippen LogP contribution in [0.2, 0.25) is 0 Å². The van der Waals surface area contributed by atoms with Crippen molar-refractivity contribution in [3.8, 4) is 0 Å². The van der Waals surface area contributed by atoms with Gasteiger partial charge in [0.05, 0.1) is 0 Å². The molecule has 20 heavy (non-hydrogen) atoms. The number of piperidine rings is 1. The second kappa shape index (κ2) is 7.41. The van der Waals surface area contributed by atoms with Crippen LogP contribution in [-0.2, 0) is 4.79 Å². The fourth-order valence-corrected chi connectivity index (χ4v) is 3.55. The van der Waals surface area contributed by atoms with Crippen molar-refractivity contribution in [3.05, 3.63) is 0 Å². The van der Waals surface area contributed by atoms with E-state index >= 15 is 0 Å². The van der Waals surface area contributed by atoms with E-state index in [1.165, 1.54) is 25.9 Å². The Kier molecular flexibility index (Phi) is 5.85. The molecule has 1 amide bonds. The number of amides is 1. The van der Waals surface area contributed by atoms with Gasteiger partial charge in [-0.3, -0.25) is 4.79 Å². The highest BCUT2D eigenvalue weighted by Gasteiger charge is 2.29. The summed E-state index contributed by atoms with van der Waals surface area (Å²) in [5.74, 6) is 1.73. The highest BCUT2D eigenvalue weighted by atomic mass is 16.1. The van der Waals surface area contributed by atoms with Gasteiger partial charge in [-0.2, -0.15) is 0 Å². The van der Waals surface area contributed by atoms with Crippen molar-refractivity contribution in [3.63, 3.8) is 0 Å². The number of carbonyl (C=O) groups excluding carboxylic acids is 1. The fraction of sp³-hybridized carbons (Fsp3) is 0.938. The van der Waals surface area contributed by atoms with E-state index in [0.29, 0.717) is 12.0 Å². The van der Waals surface area contributed by atoms with E-state index in [2.05, 4.69) is 24.2 Å². The van der Waals surface area contributed by atoms with E-state index in [1.807, 2.05) is 0 Å². The van der Waals surface area contributed by atoms with Crippen LogP contribution in [0.4, 0.5) is 0 Å². The molecule has 3 N–H and O–H groups in total. The molecule has 0 bridgehead atoms. The average Bonchev–Trinajstić information content (AvgIpc) is 2.44. The molecule has 0 aromatic rings. The quantitative estimate of drug-likeness (QED) is 0.823. The lowest BCUT2D eigenvalue weighted by molar-refractivity contribution is -0.126. The largest absolute Gasteiger partial charge is 0.356 e. The summed E-state index contributed by atoms with van der Waals surface area (Å²) in [5.41, 5.74) is 6.01. The minimum absolute atomic E-state index is 0.197. The number of hydrogen-bond donors (Lipinski definition) is 2. The molecule has 2 aliphatic rings. The van der Waals surface area contributed by atoms with Gasteiger partial charge < -0.3 is 16.0 Å². The van der Waals surface area contributed by atoms with Gasteiger partial charge >= 0.3 is 0 Å². The third kappa shape index (κ3) is 4.45. The lowest BCUT2D eigenvalue weighted by Gasteiger charge is -2.31. The summed E-state index contributed by atoms with van der Waals surface area (Å²) in [7, 11) is 2.19. The molecule has 0 radical (unpaired) electrons. The second-order valence-corrected chi connectivity index (χ2v) is 6.98. The van der Waals surface area contributed by atoms with E-state index in [9.17, 15) is 4.79 Å². The van der Waals surface area contributed by atoms with Crippen molar-refractivity contribution in [2.75, 3.05) is 26.7 Å². The van der Waals surface area contributed by atoms with Crippen molar-refractivity contribution in [1.82, 2.24) is 10.2 Å². The lowest BCUT2D eigenvalue weighted by Crippen LogP contribution is -2.41. The number of carbonyl (C=O) groups is 1. The molecule has 0 aromatic carbocycles. The van der Waals surface area contributed by atoms with Gasteiger partial charge in [0.2, 0.25) is 5.91 Å². The van der Waals surface area contributed by atoms with Crippen LogP contribution in [0.1, 0.15) is 45.4 Å². The zero-order chi connectivity index (χ0) is 14.5. The van der Waals surface area contributed by atoms with Crippen LogP contribution in [0.3, 0.4) is 0 Å². The topological polar surface area (TPSA) is 58.4 Å². The summed E-state index contributed by atoms with van der Waals surface area (Å²) < 4.78 is 0. The maximum Gasteiger partial charge on any atom is 0.223 e. The molecule has 0 spiro atoms. The van der Waals surface area contributed by atoms with Crippen LogP contribution in [-0.4, -0.2) is 43.5 Å². The molecule has 3 atom stereocenters. The van der Waals surface area contributed by atoms with E-state index in [-0.39, 0.29) is 11.8 Å². The van der Waals surface area contributed by atoms with Crippen molar-refractivity contribution >= 4 is 5.91 Å². The molecule has 1 saturated carbocycles. The van der Waals surface area contributed by atoms with Gasteiger partial charge in [0.15, 0.2) is 0 Å². The van der Waals surface area contributed by atoms with Gasteiger partial charge in [-0.25, -0.2) is 0 Å². The van der Waals surface area contributed by atoms with Gasteiger partial charge in [0, 0.05) is 18.5 Å². The second-order valence-electron chi connectivity index (χ2n) is 6.98. The molecule has 3 unspecified atom stereocenters. The first-order chi connectivity index (χ1) is 9.56. The molecule has 4 heteroatoms. The van der Waals surface area contributed by atoms with Crippen LogP contribution < -0.4 is 11.1 Å². The van der Waals surface area contributed by atoms with E-state index in [4.69, 9.17) is 5.73 Å².